The third-order valence-corrected chi connectivity index (χ3v) is 2.35. The molecule has 84 valence electrons. The molecule has 0 aliphatic carbocycles. The fourth-order valence-electron chi connectivity index (χ4n) is 1.68. The standard InChI is InChI=1S/C12H16N4/c1-9(13)8-11-4-3-6-14-12(11)16-7-5-10(2)15-16/h3-7,9H,8,13H2,1-2H3. The third kappa shape index (κ3) is 2.28. The summed E-state index contributed by atoms with van der Waals surface area (Å²) in [5.74, 6) is 0.868. The van der Waals surface area contributed by atoms with Crippen molar-refractivity contribution in [3.8, 4) is 5.82 Å². The highest BCUT2D eigenvalue weighted by atomic mass is 15.3. The van der Waals surface area contributed by atoms with Crippen LogP contribution >= 0.6 is 0 Å². The van der Waals surface area contributed by atoms with Crippen LogP contribution < -0.4 is 5.73 Å². The molecule has 0 radical (unpaired) electrons. The van der Waals surface area contributed by atoms with Crippen molar-refractivity contribution in [2.24, 2.45) is 5.73 Å². The minimum atomic E-state index is 0.125. The molecular weight excluding hydrogens is 200 g/mol. The summed E-state index contributed by atoms with van der Waals surface area (Å²) in [5, 5.41) is 4.36. The highest BCUT2D eigenvalue weighted by Gasteiger charge is 2.08. The maximum atomic E-state index is 5.82. The molecule has 0 spiro atoms. The molecule has 0 fully saturated rings. The number of rotatable bonds is 3. The largest absolute Gasteiger partial charge is 0.328 e. The maximum Gasteiger partial charge on any atom is 0.156 e. The van der Waals surface area contributed by atoms with E-state index in [0.717, 1.165) is 23.5 Å². The van der Waals surface area contributed by atoms with Gasteiger partial charge in [-0.05, 0) is 38.0 Å². The zero-order valence-electron chi connectivity index (χ0n) is 9.59. The first-order chi connectivity index (χ1) is 7.66. The van der Waals surface area contributed by atoms with Gasteiger partial charge in [-0.3, -0.25) is 0 Å². The summed E-state index contributed by atoms with van der Waals surface area (Å²) >= 11 is 0. The van der Waals surface area contributed by atoms with Crippen LogP contribution in [0, 0.1) is 6.92 Å². The molecule has 1 unspecified atom stereocenters. The molecule has 4 heteroatoms. The zero-order chi connectivity index (χ0) is 11.5. The van der Waals surface area contributed by atoms with Gasteiger partial charge in [-0.15, -0.1) is 0 Å². The van der Waals surface area contributed by atoms with Gasteiger partial charge >= 0.3 is 0 Å². The summed E-state index contributed by atoms with van der Waals surface area (Å²) in [7, 11) is 0. The second-order valence-corrected chi connectivity index (χ2v) is 4.07. The topological polar surface area (TPSA) is 56.7 Å². The lowest BCUT2D eigenvalue weighted by Crippen LogP contribution is -2.19. The van der Waals surface area contributed by atoms with Crippen LogP contribution in [0.3, 0.4) is 0 Å². The molecule has 0 amide bonds. The number of aryl methyl sites for hydroxylation is 1. The number of hydrogen-bond donors (Lipinski definition) is 1. The van der Waals surface area contributed by atoms with Gasteiger partial charge in [0, 0.05) is 18.4 Å². The number of aromatic nitrogens is 3. The van der Waals surface area contributed by atoms with E-state index in [1.807, 2.05) is 38.2 Å². The van der Waals surface area contributed by atoms with Gasteiger partial charge in [0.2, 0.25) is 0 Å². The molecular formula is C12H16N4. The molecule has 0 aliphatic rings. The fraction of sp³-hybridized carbons (Fsp3) is 0.333. The molecule has 16 heavy (non-hydrogen) atoms. The molecule has 2 aromatic heterocycles. The van der Waals surface area contributed by atoms with Crippen molar-refractivity contribution in [2.45, 2.75) is 26.3 Å². The quantitative estimate of drug-likeness (QED) is 0.845. The maximum absolute atomic E-state index is 5.82. The van der Waals surface area contributed by atoms with Gasteiger partial charge in [0.05, 0.1) is 5.69 Å². The Kier molecular flexibility index (Phi) is 3.01. The lowest BCUT2D eigenvalue weighted by molar-refractivity contribution is 0.719. The summed E-state index contributed by atoms with van der Waals surface area (Å²) in [6, 6.07) is 6.06. The van der Waals surface area contributed by atoms with E-state index < -0.39 is 0 Å². The van der Waals surface area contributed by atoms with Gasteiger partial charge in [-0.1, -0.05) is 6.07 Å². The van der Waals surface area contributed by atoms with Crippen molar-refractivity contribution in [3.05, 3.63) is 41.9 Å². The molecule has 0 bridgehead atoms. The number of pyridine rings is 1. The van der Waals surface area contributed by atoms with E-state index >= 15 is 0 Å². The van der Waals surface area contributed by atoms with Crippen molar-refractivity contribution >= 4 is 0 Å². The Morgan fingerprint density at radius 3 is 2.88 bits per heavy atom. The first kappa shape index (κ1) is 10.8. The van der Waals surface area contributed by atoms with Crippen LogP contribution in [0.25, 0.3) is 5.82 Å². The van der Waals surface area contributed by atoms with Crippen LogP contribution in [0.5, 0.6) is 0 Å². The van der Waals surface area contributed by atoms with Crippen molar-refractivity contribution in [1.82, 2.24) is 14.8 Å². The predicted octanol–water partition coefficient (Wildman–Crippen LogP) is 1.47. The molecule has 2 heterocycles. The van der Waals surface area contributed by atoms with E-state index in [0.29, 0.717) is 0 Å². The van der Waals surface area contributed by atoms with Gasteiger partial charge < -0.3 is 5.73 Å². The van der Waals surface area contributed by atoms with E-state index in [4.69, 9.17) is 5.73 Å². The van der Waals surface area contributed by atoms with Gasteiger partial charge in [0.15, 0.2) is 5.82 Å². The Morgan fingerprint density at radius 2 is 2.25 bits per heavy atom. The molecule has 4 nitrogen and oxygen atoms in total. The molecule has 2 aromatic rings. The van der Waals surface area contributed by atoms with Crippen LogP contribution in [0.15, 0.2) is 30.6 Å². The van der Waals surface area contributed by atoms with Crippen molar-refractivity contribution in [1.29, 1.82) is 0 Å². The molecule has 2 N–H and O–H groups in total. The van der Waals surface area contributed by atoms with Crippen LogP contribution in [0.1, 0.15) is 18.2 Å². The first-order valence-electron chi connectivity index (χ1n) is 5.39. The Bertz CT molecular complexity index is 473. The Morgan fingerprint density at radius 1 is 1.44 bits per heavy atom. The summed E-state index contributed by atoms with van der Waals surface area (Å²) in [5.41, 5.74) is 7.93. The summed E-state index contributed by atoms with van der Waals surface area (Å²) in [6.45, 7) is 3.95. The van der Waals surface area contributed by atoms with Crippen molar-refractivity contribution in [3.63, 3.8) is 0 Å². The number of nitrogens with two attached hydrogens (primary N) is 1. The van der Waals surface area contributed by atoms with E-state index in [1.54, 1.807) is 10.9 Å². The van der Waals surface area contributed by atoms with Crippen LogP contribution in [-0.2, 0) is 6.42 Å². The highest BCUT2D eigenvalue weighted by Crippen LogP contribution is 2.12. The summed E-state index contributed by atoms with van der Waals surface area (Å²) < 4.78 is 1.80. The van der Waals surface area contributed by atoms with E-state index in [2.05, 4.69) is 10.1 Å². The van der Waals surface area contributed by atoms with E-state index in [-0.39, 0.29) is 6.04 Å². The first-order valence-corrected chi connectivity index (χ1v) is 5.39. The molecule has 0 saturated carbocycles. The van der Waals surface area contributed by atoms with Crippen LogP contribution in [-0.4, -0.2) is 20.8 Å². The highest BCUT2D eigenvalue weighted by molar-refractivity contribution is 5.33. The Hall–Kier alpha value is -1.68. The molecule has 1 atom stereocenters. The Balaban J connectivity index is 2.40. The summed E-state index contributed by atoms with van der Waals surface area (Å²) in [4.78, 5) is 4.36. The smallest absolute Gasteiger partial charge is 0.156 e. The Labute approximate surface area is 95.1 Å². The minimum Gasteiger partial charge on any atom is -0.328 e. The molecule has 0 aliphatic heterocycles. The lowest BCUT2D eigenvalue weighted by Gasteiger charge is -2.10. The zero-order valence-corrected chi connectivity index (χ0v) is 9.59. The van der Waals surface area contributed by atoms with Crippen molar-refractivity contribution < 1.29 is 0 Å². The summed E-state index contributed by atoms with van der Waals surface area (Å²) in [6.07, 6.45) is 4.50. The lowest BCUT2D eigenvalue weighted by atomic mass is 10.1. The average molecular weight is 216 g/mol. The van der Waals surface area contributed by atoms with Gasteiger partial charge in [-0.2, -0.15) is 5.10 Å². The van der Waals surface area contributed by atoms with Crippen LogP contribution in [0.4, 0.5) is 0 Å². The SMILES string of the molecule is Cc1ccn(-c2ncccc2CC(C)N)n1. The monoisotopic (exact) mass is 216 g/mol. The van der Waals surface area contributed by atoms with Gasteiger partial charge in [0.1, 0.15) is 0 Å². The fourth-order valence-corrected chi connectivity index (χ4v) is 1.68. The van der Waals surface area contributed by atoms with Crippen molar-refractivity contribution in [2.75, 3.05) is 0 Å². The normalized spacial score (nSPS) is 12.7. The predicted molar refractivity (Wildman–Crippen MR) is 63.4 cm³/mol. The third-order valence-electron chi connectivity index (χ3n) is 2.35. The van der Waals surface area contributed by atoms with E-state index in [1.165, 1.54) is 0 Å². The molecule has 0 aromatic carbocycles. The van der Waals surface area contributed by atoms with Crippen LogP contribution in [0.2, 0.25) is 0 Å². The molecule has 2 rings (SSSR count). The second-order valence-electron chi connectivity index (χ2n) is 4.07. The van der Waals surface area contributed by atoms with Gasteiger partial charge in [0.25, 0.3) is 0 Å². The number of nitrogens with zero attached hydrogens (tertiary/aromatic N) is 3. The van der Waals surface area contributed by atoms with E-state index in [9.17, 15) is 0 Å². The minimum absolute atomic E-state index is 0.125. The molecule has 0 saturated heterocycles. The number of hydrogen-bond acceptors (Lipinski definition) is 3. The second kappa shape index (κ2) is 4.45. The van der Waals surface area contributed by atoms with Gasteiger partial charge in [-0.25, -0.2) is 9.67 Å². The average Bonchev–Trinajstić information content (AvgIpc) is 2.65.